The molecule has 2 rings (SSSR count). The second-order valence-corrected chi connectivity index (χ2v) is 4.77. The number of fused-ring (bicyclic) bond motifs is 1. The molecule has 0 unspecified atom stereocenters. The lowest BCUT2D eigenvalue weighted by molar-refractivity contribution is 0.0951. The molecule has 0 fully saturated rings. The number of halogens is 1. The molecule has 6 heteroatoms. The molecule has 0 aliphatic rings. The summed E-state index contributed by atoms with van der Waals surface area (Å²) in [5.74, 6) is -0.731. The van der Waals surface area contributed by atoms with E-state index in [1.807, 2.05) is 0 Å². The van der Waals surface area contributed by atoms with Gasteiger partial charge in [0.25, 0.3) is 11.5 Å². The Hall–Kier alpha value is -2.27. The third-order valence-corrected chi connectivity index (χ3v) is 3.25. The number of carbonyl (C=O) groups is 1. The van der Waals surface area contributed by atoms with Gasteiger partial charge in [0.2, 0.25) is 0 Å². The van der Waals surface area contributed by atoms with Gasteiger partial charge in [-0.15, -0.1) is 18.2 Å². The van der Waals surface area contributed by atoms with Crippen LogP contribution in [0.4, 0.5) is 0 Å². The number of para-hydroxylation sites is 1. The SMILES string of the molecule is C=CCn1c(=O)c(C(=O)NCCCl)c(O)c2ccccc21. The van der Waals surface area contributed by atoms with E-state index in [0.29, 0.717) is 10.9 Å². The fraction of sp³-hybridized carbons (Fsp3) is 0.200. The number of nitrogens with one attached hydrogen (secondary N) is 1. The molecule has 1 aromatic heterocycles. The average Bonchev–Trinajstić information content (AvgIpc) is 2.49. The summed E-state index contributed by atoms with van der Waals surface area (Å²) in [4.78, 5) is 24.5. The number of nitrogens with zero attached hydrogens (tertiary/aromatic N) is 1. The van der Waals surface area contributed by atoms with Crippen molar-refractivity contribution < 1.29 is 9.90 Å². The van der Waals surface area contributed by atoms with Crippen LogP contribution in [-0.2, 0) is 6.54 Å². The maximum absolute atomic E-state index is 12.5. The topological polar surface area (TPSA) is 71.3 Å². The average molecular weight is 307 g/mol. The number of aromatic hydroxyl groups is 1. The van der Waals surface area contributed by atoms with Crippen LogP contribution in [0.3, 0.4) is 0 Å². The highest BCUT2D eigenvalue weighted by Gasteiger charge is 2.21. The summed E-state index contributed by atoms with van der Waals surface area (Å²) in [5, 5.41) is 13.2. The van der Waals surface area contributed by atoms with Crippen LogP contribution in [0.1, 0.15) is 10.4 Å². The lowest BCUT2D eigenvalue weighted by Crippen LogP contribution is -2.34. The number of allylic oxidation sites excluding steroid dienone is 1. The first-order chi connectivity index (χ1) is 10.1. The minimum atomic E-state index is -0.637. The Kier molecular flexibility index (Phi) is 4.65. The van der Waals surface area contributed by atoms with Crippen LogP contribution >= 0.6 is 11.6 Å². The fourth-order valence-corrected chi connectivity index (χ4v) is 2.25. The summed E-state index contributed by atoms with van der Waals surface area (Å²) in [6.07, 6.45) is 1.56. The number of alkyl halides is 1. The van der Waals surface area contributed by atoms with E-state index in [1.165, 1.54) is 4.57 Å². The zero-order valence-corrected chi connectivity index (χ0v) is 12.1. The summed E-state index contributed by atoms with van der Waals surface area (Å²) < 4.78 is 1.40. The number of amides is 1. The highest BCUT2D eigenvalue weighted by Crippen LogP contribution is 2.26. The van der Waals surface area contributed by atoms with Gasteiger partial charge in [-0.1, -0.05) is 18.2 Å². The molecule has 2 aromatic rings. The molecule has 0 bridgehead atoms. The first-order valence-corrected chi connectivity index (χ1v) is 6.94. The van der Waals surface area contributed by atoms with E-state index in [4.69, 9.17) is 11.6 Å². The second-order valence-electron chi connectivity index (χ2n) is 4.39. The number of benzene rings is 1. The standard InChI is InChI=1S/C15H15ClN2O3/c1-2-9-18-11-6-4-3-5-10(11)13(19)12(15(18)21)14(20)17-8-7-16/h2-6,19H,1,7-9H2,(H,17,20). The predicted molar refractivity (Wildman–Crippen MR) is 83.1 cm³/mol. The van der Waals surface area contributed by atoms with E-state index >= 15 is 0 Å². The van der Waals surface area contributed by atoms with Crippen LogP contribution in [0, 0.1) is 0 Å². The van der Waals surface area contributed by atoms with E-state index in [0.717, 1.165) is 0 Å². The molecule has 0 aliphatic carbocycles. The normalized spacial score (nSPS) is 10.5. The molecule has 21 heavy (non-hydrogen) atoms. The number of carbonyl (C=O) groups excluding carboxylic acids is 1. The predicted octanol–water partition coefficient (Wildman–Crippen LogP) is 1.86. The van der Waals surface area contributed by atoms with E-state index < -0.39 is 11.5 Å². The van der Waals surface area contributed by atoms with Gasteiger partial charge < -0.3 is 15.0 Å². The smallest absolute Gasteiger partial charge is 0.268 e. The van der Waals surface area contributed by atoms with E-state index in [9.17, 15) is 14.7 Å². The number of hydrogen-bond acceptors (Lipinski definition) is 3. The first-order valence-electron chi connectivity index (χ1n) is 6.41. The lowest BCUT2D eigenvalue weighted by atomic mass is 10.1. The zero-order valence-electron chi connectivity index (χ0n) is 11.3. The van der Waals surface area contributed by atoms with Gasteiger partial charge in [0.05, 0.1) is 5.52 Å². The fourth-order valence-electron chi connectivity index (χ4n) is 2.15. The van der Waals surface area contributed by atoms with Crippen molar-refractivity contribution in [2.45, 2.75) is 6.54 Å². The largest absolute Gasteiger partial charge is 0.506 e. The molecular weight excluding hydrogens is 292 g/mol. The van der Waals surface area contributed by atoms with E-state index in [-0.39, 0.29) is 30.3 Å². The van der Waals surface area contributed by atoms with Crippen molar-refractivity contribution in [1.29, 1.82) is 0 Å². The molecule has 110 valence electrons. The van der Waals surface area contributed by atoms with Crippen LogP contribution in [0.2, 0.25) is 0 Å². The molecule has 1 aromatic carbocycles. The second kappa shape index (κ2) is 6.45. The van der Waals surface area contributed by atoms with Crippen LogP contribution in [0.25, 0.3) is 10.9 Å². The minimum Gasteiger partial charge on any atom is -0.506 e. The van der Waals surface area contributed by atoms with Crippen molar-refractivity contribution in [2.75, 3.05) is 12.4 Å². The summed E-state index contributed by atoms with van der Waals surface area (Å²) in [7, 11) is 0. The van der Waals surface area contributed by atoms with E-state index in [2.05, 4.69) is 11.9 Å². The maximum atomic E-state index is 12.5. The number of aromatic nitrogens is 1. The molecule has 0 spiro atoms. The van der Waals surface area contributed by atoms with Gasteiger partial charge in [0, 0.05) is 24.4 Å². The highest BCUT2D eigenvalue weighted by atomic mass is 35.5. The minimum absolute atomic E-state index is 0.216. The summed E-state index contributed by atoms with van der Waals surface area (Å²) in [6, 6.07) is 6.85. The number of hydrogen-bond donors (Lipinski definition) is 2. The van der Waals surface area contributed by atoms with Crippen molar-refractivity contribution >= 4 is 28.4 Å². The van der Waals surface area contributed by atoms with Crippen molar-refractivity contribution in [3.8, 4) is 5.75 Å². The lowest BCUT2D eigenvalue weighted by Gasteiger charge is -2.13. The Morgan fingerprint density at radius 1 is 1.43 bits per heavy atom. The Balaban J connectivity index is 2.73. The molecule has 0 radical (unpaired) electrons. The van der Waals surface area contributed by atoms with Gasteiger partial charge in [0.15, 0.2) is 0 Å². The van der Waals surface area contributed by atoms with Gasteiger partial charge in [-0.05, 0) is 12.1 Å². The number of pyridine rings is 1. The third-order valence-electron chi connectivity index (χ3n) is 3.06. The van der Waals surface area contributed by atoms with Crippen LogP contribution in [0.15, 0.2) is 41.7 Å². The highest BCUT2D eigenvalue weighted by molar-refractivity contribution is 6.18. The molecule has 2 N–H and O–H groups in total. The summed E-state index contributed by atoms with van der Waals surface area (Å²) in [6.45, 7) is 4.07. The van der Waals surface area contributed by atoms with Gasteiger partial charge in [-0.25, -0.2) is 0 Å². The van der Waals surface area contributed by atoms with Gasteiger partial charge >= 0.3 is 0 Å². The van der Waals surface area contributed by atoms with Crippen molar-refractivity contribution in [2.24, 2.45) is 0 Å². The van der Waals surface area contributed by atoms with Crippen LogP contribution < -0.4 is 10.9 Å². The number of rotatable bonds is 5. The zero-order chi connectivity index (χ0) is 15.4. The molecular formula is C15H15ClN2O3. The molecule has 0 aliphatic heterocycles. The van der Waals surface area contributed by atoms with Gasteiger partial charge in [0.1, 0.15) is 11.3 Å². The first kappa shape index (κ1) is 15.1. The van der Waals surface area contributed by atoms with Crippen molar-refractivity contribution in [3.63, 3.8) is 0 Å². The van der Waals surface area contributed by atoms with E-state index in [1.54, 1.807) is 30.3 Å². The molecule has 0 saturated carbocycles. The molecule has 1 amide bonds. The maximum Gasteiger partial charge on any atom is 0.268 e. The summed E-state index contributed by atoms with van der Waals surface area (Å²) >= 11 is 5.51. The van der Waals surface area contributed by atoms with Crippen molar-refractivity contribution in [3.05, 3.63) is 52.8 Å². The molecule has 0 atom stereocenters. The third kappa shape index (κ3) is 2.78. The molecule has 1 heterocycles. The Morgan fingerprint density at radius 3 is 2.81 bits per heavy atom. The Labute approximate surface area is 126 Å². The monoisotopic (exact) mass is 306 g/mol. The van der Waals surface area contributed by atoms with Gasteiger partial charge in [-0.2, -0.15) is 0 Å². The summed E-state index contributed by atoms with van der Waals surface area (Å²) in [5.41, 5.74) is -0.285. The van der Waals surface area contributed by atoms with Crippen molar-refractivity contribution in [1.82, 2.24) is 9.88 Å². The molecule has 5 nitrogen and oxygen atoms in total. The molecule has 0 saturated heterocycles. The quantitative estimate of drug-likeness (QED) is 0.654. The Morgan fingerprint density at radius 2 is 2.14 bits per heavy atom. The van der Waals surface area contributed by atoms with Gasteiger partial charge in [-0.3, -0.25) is 9.59 Å². The van der Waals surface area contributed by atoms with Crippen LogP contribution in [-0.4, -0.2) is 28.0 Å². The van der Waals surface area contributed by atoms with Crippen LogP contribution in [0.5, 0.6) is 5.75 Å². The Bertz CT molecular complexity index is 752.